The van der Waals surface area contributed by atoms with E-state index >= 15 is 0 Å². The summed E-state index contributed by atoms with van der Waals surface area (Å²) in [5.74, 6) is -0.248. The van der Waals surface area contributed by atoms with E-state index in [1.165, 1.54) is 6.20 Å². The fourth-order valence-electron chi connectivity index (χ4n) is 1.60. The van der Waals surface area contributed by atoms with E-state index in [0.717, 1.165) is 16.9 Å². The van der Waals surface area contributed by atoms with Crippen molar-refractivity contribution in [3.05, 3.63) is 58.4 Å². The average molecular weight is 261 g/mol. The van der Waals surface area contributed by atoms with Gasteiger partial charge in [-0.05, 0) is 31.5 Å². The maximum absolute atomic E-state index is 12.1. The van der Waals surface area contributed by atoms with Crippen LogP contribution < -0.4 is 5.32 Å². The Morgan fingerprint density at radius 1 is 1.28 bits per heavy atom. The zero-order valence-corrected chi connectivity index (χ0v) is 11.0. The summed E-state index contributed by atoms with van der Waals surface area (Å²) in [5, 5.41) is 3.23. The lowest BCUT2D eigenvalue weighted by molar-refractivity contribution is 0.102. The number of anilines is 1. The summed E-state index contributed by atoms with van der Waals surface area (Å²) in [7, 11) is 0. The van der Waals surface area contributed by atoms with Crippen LogP contribution in [0.15, 0.2) is 36.5 Å². The predicted molar refractivity (Wildman–Crippen MR) is 73.1 cm³/mol. The van der Waals surface area contributed by atoms with Crippen molar-refractivity contribution in [1.82, 2.24) is 4.98 Å². The molecule has 18 heavy (non-hydrogen) atoms. The molecule has 1 N–H and O–H groups in total. The summed E-state index contributed by atoms with van der Waals surface area (Å²) in [4.78, 5) is 16.1. The quantitative estimate of drug-likeness (QED) is 0.896. The molecule has 1 amide bonds. The highest BCUT2D eigenvalue weighted by Gasteiger charge is 2.12. The number of rotatable bonds is 2. The molecular weight excluding hydrogens is 248 g/mol. The standard InChI is InChI=1S/C14H13ClN2O/c1-9-5-3-4-6-13(9)17-14(18)11-8-16-10(2)7-12(11)15/h3-8H,1-2H3,(H,17,18). The average Bonchev–Trinajstić information content (AvgIpc) is 2.32. The van der Waals surface area contributed by atoms with Gasteiger partial charge in [0, 0.05) is 17.6 Å². The molecule has 1 aromatic carbocycles. The Hall–Kier alpha value is -1.87. The predicted octanol–water partition coefficient (Wildman–Crippen LogP) is 3.60. The smallest absolute Gasteiger partial charge is 0.258 e. The Balaban J connectivity index is 2.25. The van der Waals surface area contributed by atoms with Crippen LogP contribution in [-0.2, 0) is 0 Å². The molecule has 0 saturated heterocycles. The third kappa shape index (κ3) is 2.68. The summed E-state index contributed by atoms with van der Waals surface area (Å²) >= 11 is 6.03. The number of amides is 1. The minimum Gasteiger partial charge on any atom is -0.322 e. The Morgan fingerprint density at radius 3 is 2.67 bits per heavy atom. The van der Waals surface area contributed by atoms with E-state index in [4.69, 9.17) is 11.6 Å². The summed E-state index contributed by atoms with van der Waals surface area (Å²) < 4.78 is 0. The normalized spacial score (nSPS) is 10.2. The molecule has 0 spiro atoms. The van der Waals surface area contributed by atoms with Gasteiger partial charge < -0.3 is 5.32 Å². The number of aryl methyl sites for hydroxylation is 2. The minimum atomic E-state index is -0.248. The molecule has 2 rings (SSSR count). The number of nitrogens with one attached hydrogen (secondary N) is 1. The van der Waals surface area contributed by atoms with E-state index in [1.54, 1.807) is 6.07 Å². The summed E-state index contributed by atoms with van der Waals surface area (Å²) in [5.41, 5.74) is 2.94. The monoisotopic (exact) mass is 260 g/mol. The van der Waals surface area contributed by atoms with Gasteiger partial charge in [-0.3, -0.25) is 9.78 Å². The highest BCUT2D eigenvalue weighted by atomic mass is 35.5. The molecule has 0 aliphatic heterocycles. The molecule has 0 unspecified atom stereocenters. The number of benzene rings is 1. The molecule has 0 atom stereocenters. The lowest BCUT2D eigenvalue weighted by atomic mass is 10.2. The number of pyridine rings is 1. The molecule has 0 fully saturated rings. The van der Waals surface area contributed by atoms with E-state index < -0.39 is 0 Å². The second kappa shape index (κ2) is 5.19. The number of carbonyl (C=O) groups is 1. The first-order valence-corrected chi connectivity index (χ1v) is 5.95. The highest BCUT2D eigenvalue weighted by molar-refractivity contribution is 6.34. The second-order valence-electron chi connectivity index (χ2n) is 4.07. The van der Waals surface area contributed by atoms with Crippen molar-refractivity contribution in [3.63, 3.8) is 0 Å². The first kappa shape index (κ1) is 12.6. The van der Waals surface area contributed by atoms with Gasteiger partial charge in [0.2, 0.25) is 0 Å². The van der Waals surface area contributed by atoms with Crippen LogP contribution >= 0.6 is 11.6 Å². The van der Waals surface area contributed by atoms with Crippen molar-refractivity contribution in [3.8, 4) is 0 Å². The largest absolute Gasteiger partial charge is 0.322 e. The van der Waals surface area contributed by atoms with Crippen LogP contribution in [-0.4, -0.2) is 10.9 Å². The van der Waals surface area contributed by atoms with Crippen LogP contribution in [0, 0.1) is 13.8 Å². The third-order valence-electron chi connectivity index (χ3n) is 2.63. The third-order valence-corrected chi connectivity index (χ3v) is 2.94. The van der Waals surface area contributed by atoms with Gasteiger partial charge in [-0.2, -0.15) is 0 Å². The van der Waals surface area contributed by atoms with Gasteiger partial charge in [-0.1, -0.05) is 29.8 Å². The Kier molecular flexibility index (Phi) is 3.63. The van der Waals surface area contributed by atoms with Crippen molar-refractivity contribution >= 4 is 23.2 Å². The van der Waals surface area contributed by atoms with Crippen molar-refractivity contribution in [1.29, 1.82) is 0 Å². The SMILES string of the molecule is Cc1cc(Cl)c(C(=O)Nc2ccccc2C)cn1. The number of aromatic nitrogens is 1. The lowest BCUT2D eigenvalue weighted by Crippen LogP contribution is -2.13. The van der Waals surface area contributed by atoms with Crippen LogP contribution in [0.1, 0.15) is 21.6 Å². The van der Waals surface area contributed by atoms with Crippen LogP contribution in [0.3, 0.4) is 0 Å². The van der Waals surface area contributed by atoms with Crippen LogP contribution in [0.5, 0.6) is 0 Å². The molecule has 2 aromatic rings. The Labute approximate surface area is 111 Å². The molecular formula is C14H13ClN2O. The molecule has 0 saturated carbocycles. The van der Waals surface area contributed by atoms with Gasteiger partial charge in [0.1, 0.15) is 0 Å². The highest BCUT2D eigenvalue weighted by Crippen LogP contribution is 2.19. The van der Waals surface area contributed by atoms with Crippen molar-refractivity contribution < 1.29 is 4.79 Å². The molecule has 1 aromatic heterocycles. The number of para-hydroxylation sites is 1. The Bertz CT molecular complexity index is 596. The van der Waals surface area contributed by atoms with E-state index in [1.807, 2.05) is 38.1 Å². The zero-order chi connectivity index (χ0) is 13.1. The van der Waals surface area contributed by atoms with Gasteiger partial charge in [0.15, 0.2) is 0 Å². The maximum Gasteiger partial charge on any atom is 0.258 e. The molecule has 0 aliphatic carbocycles. The Morgan fingerprint density at radius 2 is 2.00 bits per heavy atom. The fraction of sp³-hybridized carbons (Fsp3) is 0.143. The minimum absolute atomic E-state index is 0.248. The molecule has 4 heteroatoms. The topological polar surface area (TPSA) is 42.0 Å². The fourth-order valence-corrected chi connectivity index (χ4v) is 1.89. The number of hydrogen-bond donors (Lipinski definition) is 1. The number of hydrogen-bond acceptors (Lipinski definition) is 2. The van der Waals surface area contributed by atoms with E-state index in [-0.39, 0.29) is 5.91 Å². The molecule has 3 nitrogen and oxygen atoms in total. The summed E-state index contributed by atoms with van der Waals surface area (Å²) in [6.45, 7) is 3.76. The number of nitrogens with zero attached hydrogens (tertiary/aromatic N) is 1. The van der Waals surface area contributed by atoms with Gasteiger partial charge in [0.05, 0.1) is 10.6 Å². The second-order valence-corrected chi connectivity index (χ2v) is 4.48. The van der Waals surface area contributed by atoms with Crippen molar-refractivity contribution in [2.75, 3.05) is 5.32 Å². The van der Waals surface area contributed by atoms with Gasteiger partial charge in [0.25, 0.3) is 5.91 Å². The molecule has 92 valence electrons. The van der Waals surface area contributed by atoms with Gasteiger partial charge >= 0.3 is 0 Å². The van der Waals surface area contributed by atoms with Crippen LogP contribution in [0.2, 0.25) is 5.02 Å². The molecule has 1 heterocycles. The van der Waals surface area contributed by atoms with Crippen molar-refractivity contribution in [2.24, 2.45) is 0 Å². The van der Waals surface area contributed by atoms with E-state index in [0.29, 0.717) is 10.6 Å². The summed E-state index contributed by atoms with van der Waals surface area (Å²) in [6, 6.07) is 9.25. The first-order chi connectivity index (χ1) is 8.58. The zero-order valence-electron chi connectivity index (χ0n) is 10.2. The van der Waals surface area contributed by atoms with Gasteiger partial charge in [-0.25, -0.2) is 0 Å². The lowest BCUT2D eigenvalue weighted by Gasteiger charge is -2.09. The van der Waals surface area contributed by atoms with Gasteiger partial charge in [-0.15, -0.1) is 0 Å². The molecule has 0 aliphatic rings. The van der Waals surface area contributed by atoms with E-state index in [9.17, 15) is 4.79 Å². The first-order valence-electron chi connectivity index (χ1n) is 5.57. The number of carbonyl (C=O) groups excluding carboxylic acids is 1. The molecule has 0 radical (unpaired) electrons. The maximum atomic E-state index is 12.1. The van der Waals surface area contributed by atoms with Crippen LogP contribution in [0.25, 0.3) is 0 Å². The van der Waals surface area contributed by atoms with E-state index in [2.05, 4.69) is 10.3 Å². The van der Waals surface area contributed by atoms with Crippen molar-refractivity contribution in [2.45, 2.75) is 13.8 Å². The summed E-state index contributed by atoms with van der Waals surface area (Å²) in [6.07, 6.45) is 1.49. The number of halogens is 1. The van der Waals surface area contributed by atoms with Crippen LogP contribution in [0.4, 0.5) is 5.69 Å². The molecule has 0 bridgehead atoms.